The summed E-state index contributed by atoms with van der Waals surface area (Å²) in [6, 6.07) is 1.43. The number of carbonyl (C=O) groups excluding carboxylic acids is 1. The molecule has 0 bridgehead atoms. The minimum absolute atomic E-state index is 0.105. The van der Waals surface area contributed by atoms with E-state index in [1.807, 2.05) is 4.90 Å². The number of ether oxygens (including phenoxy) is 2. The van der Waals surface area contributed by atoms with Gasteiger partial charge in [0.2, 0.25) is 5.43 Å². The van der Waals surface area contributed by atoms with E-state index in [9.17, 15) is 9.59 Å². The lowest BCUT2D eigenvalue weighted by molar-refractivity contribution is 0.0524. The maximum atomic E-state index is 15.4. The van der Waals surface area contributed by atoms with Gasteiger partial charge in [0, 0.05) is 44.0 Å². The maximum absolute atomic E-state index is 15.4. The average molecular weight is 413 g/mol. The number of rotatable bonds is 4. The number of anilines is 1. The number of esters is 1. The summed E-state index contributed by atoms with van der Waals surface area (Å²) in [6.07, 6.45) is 5.30. The third-order valence-corrected chi connectivity index (χ3v) is 5.84. The lowest BCUT2D eigenvalue weighted by atomic mass is 10.1. The molecular formula is C22H24FN3O4. The van der Waals surface area contributed by atoms with Crippen LogP contribution in [-0.4, -0.2) is 42.8 Å². The molecule has 5 rings (SSSR count). The fourth-order valence-corrected chi connectivity index (χ4v) is 4.26. The Morgan fingerprint density at radius 3 is 2.90 bits per heavy atom. The van der Waals surface area contributed by atoms with E-state index >= 15 is 4.39 Å². The first kappa shape index (κ1) is 19.1. The summed E-state index contributed by atoms with van der Waals surface area (Å²) >= 11 is 0. The second-order valence-electron chi connectivity index (χ2n) is 8.14. The van der Waals surface area contributed by atoms with Crippen LogP contribution in [0.4, 0.5) is 10.1 Å². The van der Waals surface area contributed by atoms with Gasteiger partial charge in [-0.05, 0) is 32.8 Å². The minimum Gasteiger partial charge on any atom is -0.462 e. The summed E-state index contributed by atoms with van der Waals surface area (Å²) in [5.74, 6) is 0.140. The normalized spacial score (nSPS) is 20.7. The van der Waals surface area contributed by atoms with Gasteiger partial charge in [-0.3, -0.25) is 4.79 Å². The lowest BCUT2D eigenvalue weighted by Crippen LogP contribution is -2.49. The van der Waals surface area contributed by atoms with Crippen LogP contribution in [0.2, 0.25) is 0 Å². The molecule has 1 unspecified atom stereocenters. The van der Waals surface area contributed by atoms with Crippen molar-refractivity contribution in [3.8, 4) is 5.75 Å². The van der Waals surface area contributed by atoms with Crippen molar-refractivity contribution in [2.24, 2.45) is 5.92 Å². The summed E-state index contributed by atoms with van der Waals surface area (Å²) in [5, 5.41) is 3.47. The van der Waals surface area contributed by atoms with E-state index in [2.05, 4.69) is 12.2 Å². The number of halogens is 1. The first-order chi connectivity index (χ1) is 14.5. The van der Waals surface area contributed by atoms with Crippen molar-refractivity contribution in [2.45, 2.75) is 32.7 Å². The predicted octanol–water partition coefficient (Wildman–Crippen LogP) is 2.72. The van der Waals surface area contributed by atoms with Gasteiger partial charge in [0.25, 0.3) is 0 Å². The zero-order valence-corrected chi connectivity index (χ0v) is 17.0. The molecule has 8 heteroatoms. The highest BCUT2D eigenvalue weighted by atomic mass is 19.1. The molecule has 1 atom stereocenters. The van der Waals surface area contributed by atoms with Gasteiger partial charge in [-0.2, -0.15) is 0 Å². The van der Waals surface area contributed by atoms with Crippen LogP contribution in [-0.2, 0) is 4.74 Å². The predicted molar refractivity (Wildman–Crippen MR) is 111 cm³/mol. The first-order valence-corrected chi connectivity index (χ1v) is 10.4. The molecular weight excluding hydrogens is 389 g/mol. The summed E-state index contributed by atoms with van der Waals surface area (Å²) in [7, 11) is 0. The number of piperazine rings is 1. The van der Waals surface area contributed by atoms with Gasteiger partial charge in [-0.1, -0.05) is 0 Å². The van der Waals surface area contributed by atoms with E-state index in [1.165, 1.54) is 12.3 Å². The molecule has 1 saturated carbocycles. The van der Waals surface area contributed by atoms with E-state index in [0.29, 0.717) is 30.0 Å². The van der Waals surface area contributed by atoms with Crippen LogP contribution in [0.1, 0.15) is 37.0 Å². The molecule has 2 aromatic rings. The van der Waals surface area contributed by atoms with Crippen molar-refractivity contribution in [3.63, 3.8) is 0 Å². The molecule has 158 valence electrons. The molecule has 1 aromatic carbocycles. The van der Waals surface area contributed by atoms with Crippen LogP contribution < -0.4 is 20.4 Å². The first-order valence-electron chi connectivity index (χ1n) is 10.4. The van der Waals surface area contributed by atoms with Gasteiger partial charge in [0.05, 0.1) is 12.0 Å². The number of pyridine rings is 1. The summed E-state index contributed by atoms with van der Waals surface area (Å²) in [6.45, 7) is 5.89. The van der Waals surface area contributed by atoms with Gasteiger partial charge < -0.3 is 24.3 Å². The Balaban J connectivity index is 1.76. The highest BCUT2D eigenvalue weighted by Crippen LogP contribution is 2.46. The molecule has 1 aliphatic carbocycles. The number of carbonyl (C=O) groups is 1. The number of nitrogens with one attached hydrogen (secondary N) is 1. The highest BCUT2D eigenvalue weighted by Gasteiger charge is 2.35. The Labute approximate surface area is 173 Å². The monoisotopic (exact) mass is 413 g/mol. The van der Waals surface area contributed by atoms with Crippen LogP contribution in [0.5, 0.6) is 5.75 Å². The SMILES string of the molecule is CCOC(=O)c1cn2c3c(c(N4CCNC(C)C4)c(F)cc3c1=O)OC(C1CC1)=C2. The van der Waals surface area contributed by atoms with Crippen molar-refractivity contribution in [1.82, 2.24) is 9.88 Å². The van der Waals surface area contributed by atoms with E-state index in [4.69, 9.17) is 9.47 Å². The van der Waals surface area contributed by atoms with Crippen LogP contribution in [0.3, 0.4) is 0 Å². The maximum Gasteiger partial charge on any atom is 0.343 e. The standard InChI is InChI=1S/C22H24FN3O4/c1-3-29-22(28)15-10-26-11-17(13-4-5-13)30-21-18(26)14(20(15)27)8-16(23)19(21)25-7-6-24-12(2)9-25/h8,10-13,24H,3-7,9H2,1-2H3. The molecule has 7 nitrogen and oxygen atoms in total. The molecule has 3 aliphatic rings. The molecule has 1 N–H and O–H groups in total. The minimum atomic E-state index is -0.706. The number of nitrogens with zero attached hydrogens (tertiary/aromatic N) is 2. The third kappa shape index (κ3) is 3.06. The smallest absolute Gasteiger partial charge is 0.343 e. The molecule has 3 heterocycles. The molecule has 30 heavy (non-hydrogen) atoms. The van der Waals surface area contributed by atoms with Crippen molar-refractivity contribution >= 4 is 28.8 Å². The fourth-order valence-electron chi connectivity index (χ4n) is 4.26. The van der Waals surface area contributed by atoms with Gasteiger partial charge >= 0.3 is 5.97 Å². The van der Waals surface area contributed by atoms with Crippen LogP contribution in [0, 0.1) is 11.7 Å². The Morgan fingerprint density at radius 1 is 1.40 bits per heavy atom. The average Bonchev–Trinajstić information content (AvgIpc) is 3.55. The van der Waals surface area contributed by atoms with E-state index in [0.717, 1.165) is 25.1 Å². The summed E-state index contributed by atoms with van der Waals surface area (Å²) in [5.41, 5.74) is 0.206. The van der Waals surface area contributed by atoms with Gasteiger partial charge in [0.1, 0.15) is 22.5 Å². The number of aromatic nitrogens is 1. The van der Waals surface area contributed by atoms with E-state index < -0.39 is 17.2 Å². The largest absolute Gasteiger partial charge is 0.462 e. The van der Waals surface area contributed by atoms with E-state index in [-0.39, 0.29) is 29.5 Å². The Morgan fingerprint density at radius 2 is 2.20 bits per heavy atom. The molecule has 1 aromatic heterocycles. The van der Waals surface area contributed by atoms with Crippen LogP contribution in [0.15, 0.2) is 22.8 Å². The lowest BCUT2D eigenvalue weighted by Gasteiger charge is -2.36. The Kier molecular flexibility index (Phi) is 4.54. The number of benzene rings is 1. The number of allylic oxidation sites excluding steroid dienone is 1. The zero-order chi connectivity index (χ0) is 21.0. The van der Waals surface area contributed by atoms with Gasteiger partial charge in [-0.25, -0.2) is 9.18 Å². The van der Waals surface area contributed by atoms with Gasteiger partial charge in [0.15, 0.2) is 11.6 Å². The Hall–Kier alpha value is -2.87. The van der Waals surface area contributed by atoms with Crippen molar-refractivity contribution < 1.29 is 18.7 Å². The molecule has 0 spiro atoms. The number of hydrogen-bond acceptors (Lipinski definition) is 6. The fraction of sp³-hybridized carbons (Fsp3) is 0.455. The van der Waals surface area contributed by atoms with Crippen molar-refractivity contribution in [3.05, 3.63) is 39.6 Å². The summed E-state index contributed by atoms with van der Waals surface area (Å²) in [4.78, 5) is 27.3. The highest BCUT2D eigenvalue weighted by molar-refractivity contribution is 5.99. The Bertz CT molecular complexity index is 1140. The summed E-state index contributed by atoms with van der Waals surface area (Å²) < 4.78 is 28.4. The second-order valence-corrected chi connectivity index (χ2v) is 8.14. The third-order valence-electron chi connectivity index (χ3n) is 5.84. The van der Waals surface area contributed by atoms with Crippen molar-refractivity contribution in [1.29, 1.82) is 0 Å². The molecule has 2 aliphatic heterocycles. The second kappa shape index (κ2) is 7.12. The van der Waals surface area contributed by atoms with Gasteiger partial charge in [-0.15, -0.1) is 0 Å². The zero-order valence-electron chi connectivity index (χ0n) is 17.0. The van der Waals surface area contributed by atoms with Crippen molar-refractivity contribution in [2.75, 3.05) is 31.1 Å². The molecule has 2 fully saturated rings. The van der Waals surface area contributed by atoms with E-state index in [1.54, 1.807) is 17.7 Å². The number of hydrogen-bond donors (Lipinski definition) is 1. The van der Waals surface area contributed by atoms with Crippen LogP contribution >= 0.6 is 0 Å². The topological polar surface area (TPSA) is 72.8 Å². The molecule has 0 radical (unpaired) electrons. The molecule has 0 amide bonds. The van der Waals surface area contributed by atoms with Crippen LogP contribution in [0.25, 0.3) is 17.1 Å². The quantitative estimate of drug-likeness (QED) is 0.777. The molecule has 1 saturated heterocycles.